The molecule has 0 bridgehead atoms. The van der Waals surface area contributed by atoms with E-state index in [4.69, 9.17) is 9.40 Å². The van der Waals surface area contributed by atoms with Crippen molar-refractivity contribution in [3.8, 4) is 11.1 Å². The van der Waals surface area contributed by atoms with E-state index in [2.05, 4.69) is 56.3 Å². The molecule has 0 aliphatic heterocycles. The Kier molecular flexibility index (Phi) is 2.45. The van der Waals surface area contributed by atoms with Gasteiger partial charge in [0.05, 0.1) is 5.69 Å². The third kappa shape index (κ3) is 1.55. The molecule has 0 N–H and O–H groups in total. The summed E-state index contributed by atoms with van der Waals surface area (Å²) >= 11 is 0. The summed E-state index contributed by atoms with van der Waals surface area (Å²) in [5.74, 6) is 0. The van der Waals surface area contributed by atoms with Crippen molar-refractivity contribution >= 4 is 32.7 Å². The summed E-state index contributed by atoms with van der Waals surface area (Å²) in [7, 11) is 0. The van der Waals surface area contributed by atoms with Crippen molar-refractivity contribution in [2.24, 2.45) is 0 Å². The van der Waals surface area contributed by atoms with E-state index in [1.54, 1.807) is 0 Å². The van der Waals surface area contributed by atoms with Gasteiger partial charge in [0.15, 0.2) is 0 Å². The molecule has 0 atom stereocenters. The van der Waals surface area contributed by atoms with Crippen molar-refractivity contribution in [2.75, 3.05) is 0 Å². The van der Waals surface area contributed by atoms with E-state index in [1.165, 1.54) is 38.2 Å². The molecule has 2 aromatic heterocycles. The molecule has 0 fully saturated rings. The first kappa shape index (κ1) is 14.1. The normalized spacial score (nSPS) is 14.8. The lowest BCUT2D eigenvalue weighted by atomic mass is 9.71. The highest BCUT2D eigenvalue weighted by Crippen LogP contribution is 2.50. The second-order valence-corrected chi connectivity index (χ2v) is 7.65. The highest BCUT2D eigenvalue weighted by atomic mass is 16.3. The van der Waals surface area contributed by atoms with Gasteiger partial charge in [-0.15, -0.1) is 0 Å². The van der Waals surface area contributed by atoms with Crippen LogP contribution >= 0.6 is 0 Å². The highest BCUT2D eigenvalue weighted by Gasteiger charge is 2.35. The van der Waals surface area contributed by atoms with Gasteiger partial charge in [0, 0.05) is 33.3 Å². The standard InChI is InChI=1S/C24H17NO/c1-24(2)19-10-5-8-16-21(19)17(15-9-6-12-25-23(15)24)13-18-14-7-3-4-11-20(14)26-22(16)18/h3-13H,1-2H3. The Balaban J connectivity index is 1.93. The van der Waals surface area contributed by atoms with Gasteiger partial charge in [-0.25, -0.2) is 0 Å². The van der Waals surface area contributed by atoms with E-state index in [9.17, 15) is 0 Å². The Hall–Kier alpha value is -3.13. The van der Waals surface area contributed by atoms with Crippen molar-refractivity contribution in [1.82, 2.24) is 4.98 Å². The first-order chi connectivity index (χ1) is 12.7. The van der Waals surface area contributed by atoms with Crippen molar-refractivity contribution < 1.29 is 4.42 Å². The minimum atomic E-state index is -0.136. The maximum Gasteiger partial charge on any atom is 0.143 e. The largest absolute Gasteiger partial charge is 0.455 e. The van der Waals surface area contributed by atoms with Crippen LogP contribution in [-0.2, 0) is 5.41 Å². The number of para-hydroxylation sites is 1. The lowest BCUT2D eigenvalue weighted by Crippen LogP contribution is -2.25. The van der Waals surface area contributed by atoms with Gasteiger partial charge in [0.1, 0.15) is 11.2 Å². The summed E-state index contributed by atoms with van der Waals surface area (Å²) in [5.41, 5.74) is 6.74. The molecule has 0 amide bonds. The molecular weight excluding hydrogens is 318 g/mol. The zero-order valence-corrected chi connectivity index (χ0v) is 14.7. The summed E-state index contributed by atoms with van der Waals surface area (Å²) in [6.45, 7) is 4.53. The molecule has 6 rings (SSSR count). The van der Waals surface area contributed by atoms with Crippen LogP contribution in [-0.4, -0.2) is 4.98 Å². The van der Waals surface area contributed by atoms with Crippen molar-refractivity contribution in [3.05, 3.63) is 78.1 Å². The Labute approximate surface area is 151 Å². The molecule has 0 radical (unpaired) electrons. The van der Waals surface area contributed by atoms with Crippen LogP contribution in [0.4, 0.5) is 0 Å². The van der Waals surface area contributed by atoms with Crippen LogP contribution in [0.2, 0.25) is 0 Å². The summed E-state index contributed by atoms with van der Waals surface area (Å²) in [4.78, 5) is 4.76. The number of pyridine rings is 1. The van der Waals surface area contributed by atoms with Crippen LogP contribution in [0.25, 0.3) is 43.8 Å². The van der Waals surface area contributed by atoms with Gasteiger partial charge in [-0.05, 0) is 34.7 Å². The van der Waals surface area contributed by atoms with Crippen LogP contribution in [0.3, 0.4) is 0 Å². The second kappa shape index (κ2) is 4.53. The van der Waals surface area contributed by atoms with Gasteiger partial charge < -0.3 is 4.42 Å². The molecule has 1 aliphatic rings. The van der Waals surface area contributed by atoms with Gasteiger partial charge >= 0.3 is 0 Å². The van der Waals surface area contributed by atoms with E-state index in [0.717, 1.165) is 16.9 Å². The number of fused-ring (bicyclic) bond motifs is 6. The number of aromatic nitrogens is 1. The van der Waals surface area contributed by atoms with Crippen LogP contribution in [0, 0.1) is 0 Å². The monoisotopic (exact) mass is 335 g/mol. The smallest absolute Gasteiger partial charge is 0.143 e. The Morgan fingerprint density at radius 1 is 0.808 bits per heavy atom. The lowest BCUT2D eigenvalue weighted by Gasteiger charge is -2.33. The molecule has 0 unspecified atom stereocenters. The first-order valence-electron chi connectivity index (χ1n) is 8.99. The third-order valence-corrected chi connectivity index (χ3v) is 5.86. The summed E-state index contributed by atoms with van der Waals surface area (Å²) in [6, 6.07) is 21.4. The molecule has 26 heavy (non-hydrogen) atoms. The predicted molar refractivity (Wildman–Crippen MR) is 107 cm³/mol. The predicted octanol–water partition coefficient (Wildman–Crippen LogP) is 6.44. The number of furan rings is 1. The number of nitrogens with zero attached hydrogens (tertiary/aromatic N) is 1. The molecule has 3 aromatic carbocycles. The fourth-order valence-corrected chi connectivity index (χ4v) is 4.64. The molecule has 0 saturated carbocycles. The SMILES string of the molecule is CC1(C)c2ncccc2-c2cc3c4ccccc4oc3c3cccc1c23. The lowest BCUT2D eigenvalue weighted by molar-refractivity contribution is 0.620. The highest BCUT2D eigenvalue weighted by molar-refractivity contribution is 6.20. The average molecular weight is 335 g/mol. The number of benzene rings is 3. The third-order valence-electron chi connectivity index (χ3n) is 5.86. The molecule has 5 aromatic rings. The average Bonchev–Trinajstić information content (AvgIpc) is 3.05. The number of rotatable bonds is 0. The quantitative estimate of drug-likeness (QED) is 0.325. The summed E-state index contributed by atoms with van der Waals surface area (Å²) in [6.07, 6.45) is 1.90. The molecular formula is C24H17NO. The molecule has 1 aliphatic carbocycles. The van der Waals surface area contributed by atoms with Crippen LogP contribution in [0.5, 0.6) is 0 Å². The fourth-order valence-electron chi connectivity index (χ4n) is 4.64. The minimum Gasteiger partial charge on any atom is -0.455 e. The fraction of sp³-hybridized carbons (Fsp3) is 0.125. The van der Waals surface area contributed by atoms with Gasteiger partial charge in [-0.3, -0.25) is 4.98 Å². The second-order valence-electron chi connectivity index (χ2n) is 7.65. The van der Waals surface area contributed by atoms with E-state index >= 15 is 0 Å². The van der Waals surface area contributed by atoms with Gasteiger partial charge in [-0.2, -0.15) is 0 Å². The Bertz CT molecular complexity index is 1360. The van der Waals surface area contributed by atoms with Crippen LogP contribution < -0.4 is 0 Å². The van der Waals surface area contributed by atoms with E-state index in [-0.39, 0.29) is 5.41 Å². The number of hydrogen-bond donors (Lipinski definition) is 0. The van der Waals surface area contributed by atoms with Crippen molar-refractivity contribution in [2.45, 2.75) is 19.3 Å². The zero-order valence-electron chi connectivity index (χ0n) is 14.7. The van der Waals surface area contributed by atoms with Gasteiger partial charge in [0.2, 0.25) is 0 Å². The zero-order chi connectivity index (χ0) is 17.5. The Morgan fingerprint density at radius 3 is 2.58 bits per heavy atom. The molecule has 2 heterocycles. The molecule has 0 spiro atoms. The molecule has 124 valence electrons. The van der Waals surface area contributed by atoms with Crippen LogP contribution in [0.1, 0.15) is 25.1 Å². The maximum atomic E-state index is 6.28. The minimum absolute atomic E-state index is 0.136. The molecule has 2 nitrogen and oxygen atoms in total. The maximum absolute atomic E-state index is 6.28. The molecule has 0 saturated heterocycles. The van der Waals surface area contributed by atoms with Crippen molar-refractivity contribution in [1.29, 1.82) is 0 Å². The van der Waals surface area contributed by atoms with Crippen molar-refractivity contribution in [3.63, 3.8) is 0 Å². The summed E-state index contributed by atoms with van der Waals surface area (Å²) in [5, 5.41) is 4.83. The van der Waals surface area contributed by atoms with Gasteiger partial charge in [0.25, 0.3) is 0 Å². The van der Waals surface area contributed by atoms with Crippen LogP contribution in [0.15, 0.2) is 71.3 Å². The van der Waals surface area contributed by atoms with Gasteiger partial charge in [-0.1, -0.05) is 56.3 Å². The van der Waals surface area contributed by atoms with E-state index < -0.39 is 0 Å². The molecule has 2 heteroatoms. The Morgan fingerprint density at radius 2 is 1.65 bits per heavy atom. The number of hydrogen-bond acceptors (Lipinski definition) is 2. The topological polar surface area (TPSA) is 26.0 Å². The summed E-state index contributed by atoms with van der Waals surface area (Å²) < 4.78 is 6.28. The first-order valence-corrected chi connectivity index (χ1v) is 8.99. The van der Waals surface area contributed by atoms with E-state index in [0.29, 0.717) is 0 Å². The van der Waals surface area contributed by atoms with E-state index in [1.807, 2.05) is 24.4 Å².